The monoisotopic (exact) mass is 276 g/mol. The Balaban J connectivity index is 0.000000921. The molecule has 0 aliphatic rings. The third-order valence-corrected chi connectivity index (χ3v) is 2.50. The van der Waals surface area contributed by atoms with Gasteiger partial charge in [-0.25, -0.2) is 0 Å². The molecule has 0 radical (unpaired) electrons. The van der Waals surface area contributed by atoms with Gasteiger partial charge in [-0.05, 0) is 17.7 Å². The van der Waals surface area contributed by atoms with Gasteiger partial charge in [0.1, 0.15) is 5.75 Å². The molecule has 0 bridgehead atoms. The average Bonchev–Trinajstić information content (AvgIpc) is 2.34. The van der Waals surface area contributed by atoms with Crippen molar-refractivity contribution in [3.05, 3.63) is 29.8 Å². The van der Waals surface area contributed by atoms with E-state index in [1.165, 1.54) is 0 Å². The third-order valence-electron chi connectivity index (χ3n) is 1.91. The lowest BCUT2D eigenvalue weighted by Crippen LogP contribution is -2.02. The fraction of sp³-hybridized carbons (Fsp3) is 0.455. The summed E-state index contributed by atoms with van der Waals surface area (Å²) < 4.78 is 10.3. The summed E-state index contributed by atoms with van der Waals surface area (Å²) in [6.45, 7) is 0. The van der Waals surface area contributed by atoms with E-state index in [0.717, 1.165) is 23.8 Å². The minimum absolute atomic E-state index is 0.117. The van der Waals surface area contributed by atoms with Crippen LogP contribution in [-0.4, -0.2) is 31.8 Å². The Labute approximate surface area is 99.2 Å². The standard InChI is InChI=1S/C10H13BrO2.CH4O/c1-12-9-5-3-8(4-6-9)10(7-11)13-2;1-2/h3-6,10H,7H2,1-2H3;2H,1H3. The Kier molecular flexibility index (Phi) is 8.37. The van der Waals surface area contributed by atoms with E-state index in [4.69, 9.17) is 14.6 Å². The van der Waals surface area contributed by atoms with Gasteiger partial charge in [0.05, 0.1) is 13.2 Å². The lowest BCUT2D eigenvalue weighted by Gasteiger charge is -2.12. The van der Waals surface area contributed by atoms with Crippen molar-refractivity contribution in [3.8, 4) is 5.75 Å². The van der Waals surface area contributed by atoms with Crippen LogP contribution in [0.15, 0.2) is 24.3 Å². The summed E-state index contributed by atoms with van der Waals surface area (Å²) >= 11 is 3.39. The first-order valence-corrected chi connectivity index (χ1v) is 5.61. The predicted molar refractivity (Wildman–Crippen MR) is 64.7 cm³/mol. The molecule has 0 saturated carbocycles. The number of aliphatic hydroxyl groups excluding tert-OH is 1. The van der Waals surface area contributed by atoms with Crippen molar-refractivity contribution in [1.82, 2.24) is 0 Å². The zero-order valence-corrected chi connectivity index (χ0v) is 10.8. The molecular formula is C11H17BrO3. The Morgan fingerprint density at radius 3 is 2.07 bits per heavy atom. The van der Waals surface area contributed by atoms with Crippen molar-refractivity contribution in [1.29, 1.82) is 0 Å². The van der Waals surface area contributed by atoms with E-state index in [1.807, 2.05) is 24.3 Å². The number of hydrogen-bond acceptors (Lipinski definition) is 3. The SMILES string of the molecule is CO.COc1ccc(C(CBr)OC)cc1. The van der Waals surface area contributed by atoms with Gasteiger partial charge in [-0.2, -0.15) is 0 Å². The van der Waals surface area contributed by atoms with Gasteiger partial charge in [-0.3, -0.25) is 0 Å². The van der Waals surface area contributed by atoms with Crippen LogP contribution in [0.5, 0.6) is 5.75 Å². The number of rotatable bonds is 4. The Morgan fingerprint density at radius 1 is 1.20 bits per heavy atom. The molecule has 1 atom stereocenters. The molecule has 15 heavy (non-hydrogen) atoms. The highest BCUT2D eigenvalue weighted by Crippen LogP contribution is 2.21. The van der Waals surface area contributed by atoms with Crippen molar-refractivity contribution in [2.24, 2.45) is 0 Å². The molecule has 4 heteroatoms. The summed E-state index contributed by atoms with van der Waals surface area (Å²) in [6.07, 6.45) is 0.117. The van der Waals surface area contributed by atoms with Crippen LogP contribution >= 0.6 is 15.9 Å². The van der Waals surface area contributed by atoms with E-state index in [-0.39, 0.29) is 6.10 Å². The minimum atomic E-state index is 0.117. The van der Waals surface area contributed by atoms with Crippen molar-refractivity contribution < 1.29 is 14.6 Å². The minimum Gasteiger partial charge on any atom is -0.497 e. The number of methoxy groups -OCH3 is 2. The molecule has 0 amide bonds. The molecule has 0 spiro atoms. The molecule has 1 aromatic rings. The lowest BCUT2D eigenvalue weighted by atomic mass is 10.1. The molecule has 1 aromatic carbocycles. The van der Waals surface area contributed by atoms with E-state index in [0.29, 0.717) is 0 Å². The maximum atomic E-state index is 7.00. The summed E-state index contributed by atoms with van der Waals surface area (Å²) in [5.41, 5.74) is 1.15. The average molecular weight is 277 g/mol. The number of ether oxygens (including phenoxy) is 2. The van der Waals surface area contributed by atoms with Crippen LogP contribution < -0.4 is 4.74 Å². The number of alkyl halides is 1. The van der Waals surface area contributed by atoms with Crippen molar-refractivity contribution in [2.75, 3.05) is 26.7 Å². The molecule has 0 aliphatic carbocycles. The van der Waals surface area contributed by atoms with Crippen LogP contribution in [0, 0.1) is 0 Å². The quantitative estimate of drug-likeness (QED) is 0.859. The van der Waals surface area contributed by atoms with Crippen LogP contribution in [0.3, 0.4) is 0 Å². The zero-order valence-electron chi connectivity index (χ0n) is 9.24. The summed E-state index contributed by atoms with van der Waals surface area (Å²) in [5, 5.41) is 7.80. The van der Waals surface area contributed by atoms with Crippen LogP contribution in [-0.2, 0) is 4.74 Å². The first kappa shape index (κ1) is 14.4. The van der Waals surface area contributed by atoms with Gasteiger partial charge in [0.15, 0.2) is 0 Å². The van der Waals surface area contributed by atoms with Gasteiger partial charge in [0.25, 0.3) is 0 Å². The fourth-order valence-corrected chi connectivity index (χ4v) is 1.74. The van der Waals surface area contributed by atoms with Gasteiger partial charge in [-0.1, -0.05) is 28.1 Å². The number of benzene rings is 1. The van der Waals surface area contributed by atoms with Gasteiger partial charge >= 0.3 is 0 Å². The molecule has 0 heterocycles. The smallest absolute Gasteiger partial charge is 0.118 e. The molecule has 1 unspecified atom stereocenters. The molecule has 0 fully saturated rings. The highest BCUT2D eigenvalue weighted by atomic mass is 79.9. The Bertz CT molecular complexity index is 245. The molecule has 0 saturated heterocycles. The van der Waals surface area contributed by atoms with Crippen LogP contribution in [0.25, 0.3) is 0 Å². The van der Waals surface area contributed by atoms with E-state index in [2.05, 4.69) is 15.9 Å². The number of aliphatic hydroxyl groups is 1. The Morgan fingerprint density at radius 2 is 1.73 bits per heavy atom. The van der Waals surface area contributed by atoms with Crippen molar-refractivity contribution in [2.45, 2.75) is 6.10 Å². The predicted octanol–water partition coefficient (Wildman–Crippen LogP) is 2.39. The van der Waals surface area contributed by atoms with Gasteiger partial charge in [-0.15, -0.1) is 0 Å². The maximum Gasteiger partial charge on any atom is 0.118 e. The van der Waals surface area contributed by atoms with E-state index < -0.39 is 0 Å². The first-order chi connectivity index (χ1) is 7.31. The second-order valence-corrected chi connectivity index (χ2v) is 3.30. The normalized spacial score (nSPS) is 11.3. The largest absolute Gasteiger partial charge is 0.497 e. The third kappa shape index (κ3) is 4.64. The molecule has 1 N–H and O–H groups in total. The van der Waals surface area contributed by atoms with Gasteiger partial charge in [0.2, 0.25) is 0 Å². The van der Waals surface area contributed by atoms with E-state index in [9.17, 15) is 0 Å². The lowest BCUT2D eigenvalue weighted by molar-refractivity contribution is 0.124. The molecular weight excluding hydrogens is 260 g/mol. The summed E-state index contributed by atoms with van der Waals surface area (Å²) in [5.74, 6) is 0.869. The zero-order chi connectivity index (χ0) is 11.7. The highest BCUT2D eigenvalue weighted by molar-refractivity contribution is 9.09. The molecule has 1 rings (SSSR count). The van der Waals surface area contributed by atoms with Gasteiger partial charge in [0, 0.05) is 19.5 Å². The molecule has 0 aromatic heterocycles. The molecule has 0 aliphatic heterocycles. The van der Waals surface area contributed by atoms with Crippen molar-refractivity contribution >= 4 is 15.9 Å². The van der Waals surface area contributed by atoms with E-state index >= 15 is 0 Å². The second-order valence-electron chi connectivity index (χ2n) is 2.65. The molecule has 86 valence electrons. The Hall–Kier alpha value is -0.580. The second kappa shape index (κ2) is 8.71. The number of hydrogen-bond donors (Lipinski definition) is 1. The van der Waals surface area contributed by atoms with Crippen LogP contribution in [0.4, 0.5) is 0 Å². The van der Waals surface area contributed by atoms with Crippen molar-refractivity contribution in [3.63, 3.8) is 0 Å². The van der Waals surface area contributed by atoms with Crippen LogP contribution in [0.1, 0.15) is 11.7 Å². The summed E-state index contributed by atoms with van der Waals surface area (Å²) in [7, 11) is 4.36. The first-order valence-electron chi connectivity index (χ1n) is 4.49. The van der Waals surface area contributed by atoms with Gasteiger partial charge < -0.3 is 14.6 Å². The number of halogens is 1. The molecule has 3 nitrogen and oxygen atoms in total. The fourth-order valence-electron chi connectivity index (χ4n) is 1.11. The highest BCUT2D eigenvalue weighted by Gasteiger charge is 2.07. The summed E-state index contributed by atoms with van der Waals surface area (Å²) in [6, 6.07) is 7.89. The summed E-state index contributed by atoms with van der Waals surface area (Å²) in [4.78, 5) is 0. The maximum absolute atomic E-state index is 7.00. The van der Waals surface area contributed by atoms with E-state index in [1.54, 1.807) is 14.2 Å². The topological polar surface area (TPSA) is 38.7 Å². The van der Waals surface area contributed by atoms with Crippen LogP contribution in [0.2, 0.25) is 0 Å².